The van der Waals surface area contributed by atoms with Crippen molar-refractivity contribution in [3.8, 4) is 10.6 Å². The Balaban J connectivity index is 1.26. The van der Waals surface area contributed by atoms with Crippen LogP contribution in [0.5, 0.6) is 0 Å². The molecule has 5 rings (SSSR count). The van der Waals surface area contributed by atoms with Crippen LogP contribution in [-0.2, 0) is 0 Å². The van der Waals surface area contributed by atoms with Crippen molar-refractivity contribution >= 4 is 28.3 Å². The number of oxazole rings is 1. The Hall–Kier alpha value is -2.99. The molecule has 0 aliphatic carbocycles. The van der Waals surface area contributed by atoms with E-state index in [0.29, 0.717) is 18.8 Å². The summed E-state index contributed by atoms with van der Waals surface area (Å²) in [4.78, 5) is 23.9. The van der Waals surface area contributed by atoms with Crippen molar-refractivity contribution < 1.29 is 9.21 Å². The minimum atomic E-state index is 0.00875. The zero-order chi connectivity index (χ0) is 18.9. The third-order valence-corrected chi connectivity index (χ3v) is 6.08. The third-order valence-electron chi connectivity index (χ3n) is 5.19. The maximum atomic E-state index is 12.9. The number of piperidine rings is 1. The van der Waals surface area contributed by atoms with Crippen LogP contribution in [0.3, 0.4) is 0 Å². The first kappa shape index (κ1) is 17.1. The average molecular weight is 389 g/mol. The second-order valence-electron chi connectivity index (χ2n) is 6.99. The molecule has 4 aromatic rings. The summed E-state index contributed by atoms with van der Waals surface area (Å²) >= 11 is 1.51. The van der Waals surface area contributed by atoms with E-state index < -0.39 is 0 Å². The summed E-state index contributed by atoms with van der Waals surface area (Å²) in [5.74, 6) is 1.05. The quantitative estimate of drug-likeness (QED) is 0.496. The molecular formula is C22H19N3O2S. The van der Waals surface area contributed by atoms with Crippen molar-refractivity contribution in [3.63, 3.8) is 0 Å². The van der Waals surface area contributed by atoms with Gasteiger partial charge in [-0.25, -0.2) is 9.97 Å². The maximum absolute atomic E-state index is 12.9. The van der Waals surface area contributed by atoms with Gasteiger partial charge >= 0.3 is 0 Å². The first-order valence-electron chi connectivity index (χ1n) is 9.43. The Bertz CT molecular complexity index is 1080. The second-order valence-corrected chi connectivity index (χ2v) is 7.85. The van der Waals surface area contributed by atoms with Crippen molar-refractivity contribution in [2.75, 3.05) is 13.1 Å². The topological polar surface area (TPSA) is 59.2 Å². The molecule has 1 saturated heterocycles. The van der Waals surface area contributed by atoms with Crippen molar-refractivity contribution in [1.29, 1.82) is 0 Å². The molecule has 2 aromatic carbocycles. The van der Waals surface area contributed by atoms with Gasteiger partial charge in [0.1, 0.15) is 16.2 Å². The number of hydrogen-bond acceptors (Lipinski definition) is 5. The molecule has 28 heavy (non-hydrogen) atoms. The number of thiazole rings is 1. The highest BCUT2D eigenvalue weighted by atomic mass is 32.1. The van der Waals surface area contributed by atoms with E-state index in [1.807, 2.05) is 64.9 Å². The van der Waals surface area contributed by atoms with Gasteiger partial charge in [-0.3, -0.25) is 4.79 Å². The van der Waals surface area contributed by atoms with Gasteiger partial charge in [0.15, 0.2) is 11.5 Å². The SMILES string of the molecule is O=C(c1csc(-c2ccccc2)n1)N1CCC(c2nc3ccccc3o2)CC1. The lowest BCUT2D eigenvalue weighted by Crippen LogP contribution is -2.38. The number of carbonyl (C=O) groups is 1. The second kappa shape index (κ2) is 7.20. The molecule has 0 saturated carbocycles. The van der Waals surface area contributed by atoms with E-state index >= 15 is 0 Å². The zero-order valence-corrected chi connectivity index (χ0v) is 16.1. The number of likely N-dealkylation sites (tertiary alicyclic amines) is 1. The normalized spacial score (nSPS) is 15.2. The lowest BCUT2D eigenvalue weighted by Gasteiger charge is -2.30. The van der Waals surface area contributed by atoms with Crippen LogP contribution in [0.25, 0.3) is 21.7 Å². The molecule has 1 aliphatic heterocycles. The standard InChI is InChI=1S/C22H19N3O2S/c26-22(18-14-28-21(24-18)16-6-2-1-3-7-16)25-12-10-15(11-13-25)20-23-17-8-4-5-9-19(17)27-20/h1-9,14-15H,10-13H2. The van der Waals surface area contributed by atoms with E-state index in [1.165, 1.54) is 11.3 Å². The van der Waals surface area contributed by atoms with Gasteiger partial charge in [0.25, 0.3) is 5.91 Å². The Kier molecular flexibility index (Phi) is 4.41. The van der Waals surface area contributed by atoms with E-state index in [-0.39, 0.29) is 11.8 Å². The molecule has 0 N–H and O–H groups in total. The average Bonchev–Trinajstić information content (AvgIpc) is 3.41. The predicted octanol–water partition coefficient (Wildman–Crippen LogP) is 4.97. The van der Waals surface area contributed by atoms with Crippen LogP contribution >= 0.6 is 11.3 Å². The minimum Gasteiger partial charge on any atom is -0.440 e. The molecule has 1 aliphatic rings. The molecule has 6 heteroatoms. The summed E-state index contributed by atoms with van der Waals surface area (Å²) in [6.45, 7) is 1.39. The van der Waals surface area contributed by atoms with E-state index in [2.05, 4.69) is 9.97 Å². The Morgan fingerprint density at radius 3 is 2.54 bits per heavy atom. The number of para-hydroxylation sites is 2. The summed E-state index contributed by atoms with van der Waals surface area (Å²) in [5, 5.41) is 2.74. The first-order chi connectivity index (χ1) is 13.8. The van der Waals surface area contributed by atoms with Crippen LogP contribution in [0.15, 0.2) is 64.4 Å². The molecule has 2 aromatic heterocycles. The smallest absolute Gasteiger partial charge is 0.273 e. The number of amides is 1. The van der Waals surface area contributed by atoms with Gasteiger partial charge in [-0.05, 0) is 25.0 Å². The lowest BCUT2D eigenvalue weighted by atomic mass is 9.96. The molecule has 3 heterocycles. The van der Waals surface area contributed by atoms with Crippen molar-refractivity contribution in [2.24, 2.45) is 0 Å². The molecule has 0 unspecified atom stereocenters. The zero-order valence-electron chi connectivity index (χ0n) is 15.2. The van der Waals surface area contributed by atoms with E-state index in [1.54, 1.807) is 0 Å². The van der Waals surface area contributed by atoms with Gasteiger partial charge < -0.3 is 9.32 Å². The highest BCUT2D eigenvalue weighted by Crippen LogP contribution is 2.31. The number of carbonyl (C=O) groups excluding carboxylic acids is 1. The van der Waals surface area contributed by atoms with Crippen LogP contribution in [0, 0.1) is 0 Å². The predicted molar refractivity (Wildman–Crippen MR) is 109 cm³/mol. The van der Waals surface area contributed by atoms with Crippen LogP contribution in [0.4, 0.5) is 0 Å². The number of aromatic nitrogens is 2. The number of hydrogen-bond donors (Lipinski definition) is 0. The van der Waals surface area contributed by atoms with E-state index in [0.717, 1.165) is 40.4 Å². The third kappa shape index (κ3) is 3.20. The molecule has 0 radical (unpaired) electrons. The largest absolute Gasteiger partial charge is 0.440 e. The Morgan fingerprint density at radius 2 is 1.75 bits per heavy atom. The van der Waals surface area contributed by atoms with Crippen molar-refractivity contribution in [1.82, 2.24) is 14.9 Å². The van der Waals surface area contributed by atoms with Crippen LogP contribution in [0.2, 0.25) is 0 Å². The molecule has 0 bridgehead atoms. The molecule has 1 amide bonds. The molecular weight excluding hydrogens is 370 g/mol. The van der Waals surface area contributed by atoms with Crippen molar-refractivity contribution in [2.45, 2.75) is 18.8 Å². The minimum absolute atomic E-state index is 0.00875. The van der Waals surface area contributed by atoms with E-state index in [4.69, 9.17) is 4.42 Å². The number of rotatable bonds is 3. The summed E-state index contributed by atoms with van der Waals surface area (Å²) in [6, 6.07) is 17.8. The summed E-state index contributed by atoms with van der Waals surface area (Å²) < 4.78 is 5.91. The maximum Gasteiger partial charge on any atom is 0.273 e. The highest BCUT2D eigenvalue weighted by molar-refractivity contribution is 7.13. The fourth-order valence-corrected chi connectivity index (χ4v) is 4.44. The highest BCUT2D eigenvalue weighted by Gasteiger charge is 2.28. The summed E-state index contributed by atoms with van der Waals surface area (Å²) in [6.07, 6.45) is 1.71. The molecule has 1 fully saturated rings. The van der Waals surface area contributed by atoms with Gasteiger partial charge in [0, 0.05) is 30.0 Å². The fourth-order valence-electron chi connectivity index (χ4n) is 3.64. The first-order valence-corrected chi connectivity index (χ1v) is 10.3. The summed E-state index contributed by atoms with van der Waals surface area (Å²) in [5.41, 5.74) is 3.30. The molecule has 0 atom stereocenters. The number of nitrogens with zero attached hydrogens (tertiary/aromatic N) is 3. The Morgan fingerprint density at radius 1 is 1.00 bits per heavy atom. The fraction of sp³-hybridized carbons (Fsp3) is 0.227. The van der Waals surface area contributed by atoms with Gasteiger partial charge in [0.05, 0.1) is 0 Å². The molecule has 0 spiro atoms. The molecule has 140 valence electrons. The van der Waals surface area contributed by atoms with Gasteiger partial charge in [-0.1, -0.05) is 42.5 Å². The van der Waals surface area contributed by atoms with Crippen LogP contribution in [0.1, 0.15) is 35.1 Å². The molecule has 5 nitrogen and oxygen atoms in total. The Labute approximate surface area is 166 Å². The lowest BCUT2D eigenvalue weighted by molar-refractivity contribution is 0.0701. The van der Waals surface area contributed by atoms with Gasteiger partial charge in [-0.15, -0.1) is 11.3 Å². The van der Waals surface area contributed by atoms with Gasteiger partial charge in [-0.2, -0.15) is 0 Å². The number of fused-ring (bicyclic) bond motifs is 1. The monoisotopic (exact) mass is 389 g/mol. The number of benzene rings is 2. The van der Waals surface area contributed by atoms with Gasteiger partial charge in [0.2, 0.25) is 0 Å². The van der Waals surface area contributed by atoms with Crippen molar-refractivity contribution in [3.05, 3.63) is 71.6 Å². The van der Waals surface area contributed by atoms with Crippen LogP contribution in [-0.4, -0.2) is 33.9 Å². The van der Waals surface area contributed by atoms with Crippen LogP contribution < -0.4 is 0 Å². The van der Waals surface area contributed by atoms with E-state index in [9.17, 15) is 4.79 Å². The summed E-state index contributed by atoms with van der Waals surface area (Å²) in [7, 11) is 0.